The molecule has 0 spiro atoms. The number of rotatable bonds is 6. The van der Waals surface area contributed by atoms with Crippen LogP contribution in [0.1, 0.15) is 44.9 Å². The molecule has 0 aromatic rings. The van der Waals surface area contributed by atoms with Crippen molar-refractivity contribution in [2.24, 2.45) is 5.92 Å². The summed E-state index contributed by atoms with van der Waals surface area (Å²) in [5.41, 5.74) is 0. The molecule has 148 valence electrons. The predicted octanol–water partition coefficient (Wildman–Crippen LogP) is 1.27. The van der Waals surface area contributed by atoms with Crippen LogP contribution in [0.4, 0.5) is 0 Å². The van der Waals surface area contributed by atoms with Crippen molar-refractivity contribution in [2.45, 2.75) is 44.9 Å². The first-order valence-corrected chi connectivity index (χ1v) is 10.6. The van der Waals surface area contributed by atoms with E-state index >= 15 is 0 Å². The van der Waals surface area contributed by atoms with Crippen LogP contribution in [0.25, 0.3) is 0 Å². The third-order valence-electron chi connectivity index (χ3n) is 6.32. The molecule has 2 amide bonds. The average Bonchev–Trinajstić information content (AvgIpc) is 2.66. The van der Waals surface area contributed by atoms with Crippen molar-refractivity contribution in [2.75, 3.05) is 66.0 Å². The lowest BCUT2D eigenvalue weighted by atomic mass is 9.95. The van der Waals surface area contributed by atoms with E-state index in [2.05, 4.69) is 21.7 Å². The maximum atomic E-state index is 12.5. The van der Waals surface area contributed by atoms with Crippen molar-refractivity contribution in [3.05, 3.63) is 0 Å². The van der Waals surface area contributed by atoms with Crippen molar-refractivity contribution in [3.8, 4) is 0 Å². The zero-order chi connectivity index (χ0) is 18.4. The molecule has 0 aromatic carbocycles. The Kier molecular flexibility index (Phi) is 7.32. The van der Waals surface area contributed by atoms with Crippen molar-refractivity contribution < 1.29 is 9.59 Å². The maximum Gasteiger partial charge on any atom is 0.222 e. The maximum absolute atomic E-state index is 12.5. The number of likely N-dealkylation sites (tertiary alicyclic amines) is 2. The molecule has 0 radical (unpaired) electrons. The van der Waals surface area contributed by atoms with E-state index < -0.39 is 0 Å². The van der Waals surface area contributed by atoms with Gasteiger partial charge in [-0.25, -0.2) is 0 Å². The molecular weight excluding hydrogens is 328 g/mol. The molecule has 0 unspecified atom stereocenters. The first-order chi connectivity index (χ1) is 12.6. The van der Waals surface area contributed by atoms with Gasteiger partial charge in [0, 0.05) is 71.7 Å². The van der Waals surface area contributed by atoms with Crippen molar-refractivity contribution >= 4 is 11.8 Å². The number of hydrogen-bond donors (Lipinski definition) is 0. The van der Waals surface area contributed by atoms with Crippen LogP contribution >= 0.6 is 0 Å². The van der Waals surface area contributed by atoms with E-state index in [-0.39, 0.29) is 11.8 Å². The van der Waals surface area contributed by atoms with Crippen LogP contribution in [0.5, 0.6) is 0 Å². The van der Waals surface area contributed by atoms with E-state index in [1.165, 1.54) is 32.7 Å². The second kappa shape index (κ2) is 9.70. The molecule has 0 aliphatic carbocycles. The standard InChI is InChI=1S/C20H36N4O2/c1-21-13-15-22(16-14-21)17-18-7-11-24(12-8-18)20(26)6-4-10-23-9-3-2-5-19(23)25/h18H,2-17H2,1H3. The molecule has 26 heavy (non-hydrogen) atoms. The van der Waals surface area contributed by atoms with Gasteiger partial charge in [0.2, 0.25) is 11.8 Å². The predicted molar refractivity (Wildman–Crippen MR) is 103 cm³/mol. The number of piperidine rings is 2. The number of piperazine rings is 1. The Morgan fingerprint density at radius 2 is 1.73 bits per heavy atom. The largest absolute Gasteiger partial charge is 0.343 e. The van der Waals surface area contributed by atoms with Crippen LogP contribution in [-0.4, -0.2) is 97.4 Å². The lowest BCUT2D eigenvalue weighted by molar-refractivity contribution is -0.135. The summed E-state index contributed by atoms with van der Waals surface area (Å²) in [6.07, 6.45) is 6.51. The molecule has 3 fully saturated rings. The van der Waals surface area contributed by atoms with Crippen molar-refractivity contribution in [1.29, 1.82) is 0 Å². The Hall–Kier alpha value is -1.14. The second-order valence-electron chi connectivity index (χ2n) is 8.37. The molecule has 0 atom stereocenters. The molecule has 3 rings (SSSR count). The van der Waals surface area contributed by atoms with Gasteiger partial charge >= 0.3 is 0 Å². The molecule has 0 aromatic heterocycles. The molecule has 3 aliphatic heterocycles. The minimum absolute atomic E-state index is 0.272. The molecule has 0 N–H and O–H groups in total. The number of hydrogen-bond acceptors (Lipinski definition) is 4. The SMILES string of the molecule is CN1CCN(CC2CCN(C(=O)CCCN3CCCCC3=O)CC2)CC1. The van der Waals surface area contributed by atoms with E-state index in [9.17, 15) is 9.59 Å². The van der Waals surface area contributed by atoms with Crippen LogP contribution in [0.2, 0.25) is 0 Å². The summed E-state index contributed by atoms with van der Waals surface area (Å²) < 4.78 is 0. The number of carbonyl (C=O) groups excluding carboxylic acids is 2. The molecule has 0 saturated carbocycles. The Bertz CT molecular complexity index is 468. The average molecular weight is 365 g/mol. The van der Waals surface area contributed by atoms with Gasteiger partial charge in [0.1, 0.15) is 0 Å². The number of carbonyl (C=O) groups is 2. The van der Waals surface area contributed by atoms with Gasteiger partial charge in [0.15, 0.2) is 0 Å². The summed E-state index contributed by atoms with van der Waals surface area (Å²) in [6, 6.07) is 0. The van der Waals surface area contributed by atoms with Crippen molar-refractivity contribution in [1.82, 2.24) is 19.6 Å². The Morgan fingerprint density at radius 3 is 2.42 bits per heavy atom. The van der Waals surface area contributed by atoms with Crippen molar-refractivity contribution in [3.63, 3.8) is 0 Å². The summed E-state index contributed by atoms with van der Waals surface area (Å²) in [4.78, 5) is 33.3. The fourth-order valence-corrected chi connectivity index (χ4v) is 4.44. The van der Waals surface area contributed by atoms with Gasteiger partial charge in [-0.05, 0) is 45.1 Å². The number of likely N-dealkylation sites (N-methyl/N-ethyl adjacent to an activating group) is 1. The fraction of sp³-hybridized carbons (Fsp3) is 0.900. The van der Waals surface area contributed by atoms with Crippen LogP contribution < -0.4 is 0 Å². The van der Waals surface area contributed by atoms with Crippen LogP contribution in [-0.2, 0) is 9.59 Å². The highest BCUT2D eigenvalue weighted by Gasteiger charge is 2.25. The normalized spacial score (nSPS) is 24.3. The lowest BCUT2D eigenvalue weighted by Crippen LogP contribution is -2.48. The van der Waals surface area contributed by atoms with Gasteiger partial charge < -0.3 is 19.6 Å². The molecule has 3 saturated heterocycles. The summed E-state index contributed by atoms with van der Waals surface area (Å²) in [7, 11) is 2.20. The van der Waals surface area contributed by atoms with Crippen LogP contribution in [0.15, 0.2) is 0 Å². The summed E-state index contributed by atoms with van der Waals surface area (Å²) >= 11 is 0. The van der Waals surface area contributed by atoms with E-state index in [1.807, 2.05) is 4.90 Å². The molecular formula is C20H36N4O2. The zero-order valence-corrected chi connectivity index (χ0v) is 16.5. The van der Waals surface area contributed by atoms with E-state index in [1.54, 1.807) is 0 Å². The van der Waals surface area contributed by atoms with Gasteiger partial charge in [0.25, 0.3) is 0 Å². The van der Waals surface area contributed by atoms with E-state index in [0.29, 0.717) is 12.8 Å². The minimum atomic E-state index is 0.272. The molecule has 3 heterocycles. The first-order valence-electron chi connectivity index (χ1n) is 10.6. The van der Waals surface area contributed by atoms with Gasteiger partial charge in [-0.2, -0.15) is 0 Å². The Balaban J connectivity index is 1.30. The monoisotopic (exact) mass is 364 g/mol. The van der Waals surface area contributed by atoms with Crippen LogP contribution in [0.3, 0.4) is 0 Å². The molecule has 0 bridgehead atoms. The molecule has 6 heteroatoms. The Labute approximate surface area is 158 Å². The highest BCUT2D eigenvalue weighted by atomic mass is 16.2. The second-order valence-corrected chi connectivity index (χ2v) is 8.37. The number of nitrogens with zero attached hydrogens (tertiary/aromatic N) is 4. The fourth-order valence-electron chi connectivity index (χ4n) is 4.44. The summed E-state index contributed by atoms with van der Waals surface area (Å²) in [5, 5.41) is 0. The van der Waals surface area contributed by atoms with E-state index in [0.717, 1.165) is 64.2 Å². The van der Waals surface area contributed by atoms with Gasteiger partial charge in [0.05, 0.1) is 0 Å². The lowest BCUT2D eigenvalue weighted by Gasteiger charge is -2.38. The topological polar surface area (TPSA) is 47.1 Å². The van der Waals surface area contributed by atoms with Gasteiger partial charge in [-0.15, -0.1) is 0 Å². The third kappa shape index (κ3) is 5.68. The highest BCUT2D eigenvalue weighted by molar-refractivity contribution is 5.77. The molecule has 6 nitrogen and oxygen atoms in total. The van der Waals surface area contributed by atoms with Crippen LogP contribution in [0, 0.1) is 5.92 Å². The summed E-state index contributed by atoms with van der Waals surface area (Å²) in [5.74, 6) is 1.30. The zero-order valence-electron chi connectivity index (χ0n) is 16.5. The van der Waals surface area contributed by atoms with E-state index in [4.69, 9.17) is 0 Å². The highest BCUT2D eigenvalue weighted by Crippen LogP contribution is 2.20. The minimum Gasteiger partial charge on any atom is -0.343 e. The van der Waals surface area contributed by atoms with Gasteiger partial charge in [-0.3, -0.25) is 9.59 Å². The smallest absolute Gasteiger partial charge is 0.222 e. The first kappa shape index (κ1) is 19.6. The quantitative estimate of drug-likeness (QED) is 0.712. The summed E-state index contributed by atoms with van der Waals surface area (Å²) in [6.45, 7) is 9.39. The molecule has 3 aliphatic rings. The van der Waals surface area contributed by atoms with Gasteiger partial charge in [-0.1, -0.05) is 0 Å². The number of amides is 2. The third-order valence-corrected chi connectivity index (χ3v) is 6.32. The Morgan fingerprint density at radius 1 is 1.00 bits per heavy atom.